The van der Waals surface area contributed by atoms with Crippen LogP contribution in [0.1, 0.15) is 29.9 Å². The molecule has 0 aliphatic carbocycles. The number of nitrogens with zero attached hydrogens (tertiary/aromatic N) is 1. The van der Waals surface area contributed by atoms with Crippen LogP contribution >= 0.6 is 11.8 Å². The van der Waals surface area contributed by atoms with Crippen LogP contribution in [-0.2, 0) is 6.54 Å². The maximum Gasteiger partial charge on any atom is 0.0545 e. The molecule has 0 fully saturated rings. The number of pyridine rings is 1. The topological polar surface area (TPSA) is 24.9 Å². The normalized spacial score (nSPS) is 12.4. The van der Waals surface area contributed by atoms with Crippen molar-refractivity contribution < 1.29 is 0 Å². The predicted molar refractivity (Wildman–Crippen MR) is 82.5 cm³/mol. The molecule has 2 rings (SSSR count). The van der Waals surface area contributed by atoms with Gasteiger partial charge < -0.3 is 5.32 Å². The zero-order valence-corrected chi connectivity index (χ0v) is 12.5. The molecule has 1 N–H and O–H groups in total. The van der Waals surface area contributed by atoms with Crippen molar-refractivity contribution in [1.82, 2.24) is 10.3 Å². The lowest BCUT2D eigenvalue weighted by atomic mass is 10.1. The van der Waals surface area contributed by atoms with Gasteiger partial charge in [0.2, 0.25) is 0 Å². The van der Waals surface area contributed by atoms with Crippen LogP contribution in [0.2, 0.25) is 0 Å². The molecule has 0 aliphatic rings. The number of benzene rings is 1. The van der Waals surface area contributed by atoms with E-state index in [1.54, 1.807) is 11.8 Å². The third kappa shape index (κ3) is 4.08. The van der Waals surface area contributed by atoms with Crippen molar-refractivity contribution in [3.8, 4) is 0 Å². The Labute approximate surface area is 119 Å². The summed E-state index contributed by atoms with van der Waals surface area (Å²) in [5.41, 5.74) is 3.47. The van der Waals surface area contributed by atoms with Gasteiger partial charge in [-0.1, -0.05) is 18.2 Å². The second-order valence-electron chi connectivity index (χ2n) is 4.65. The van der Waals surface area contributed by atoms with Gasteiger partial charge in [0.15, 0.2) is 0 Å². The summed E-state index contributed by atoms with van der Waals surface area (Å²) in [6, 6.07) is 15.2. The van der Waals surface area contributed by atoms with Crippen molar-refractivity contribution in [2.75, 3.05) is 6.26 Å². The Balaban J connectivity index is 1.95. The Morgan fingerprint density at radius 2 is 1.89 bits per heavy atom. The summed E-state index contributed by atoms with van der Waals surface area (Å²) in [6.45, 7) is 5.01. The Hall–Kier alpha value is -1.32. The van der Waals surface area contributed by atoms with E-state index in [0.29, 0.717) is 6.04 Å². The van der Waals surface area contributed by atoms with Gasteiger partial charge >= 0.3 is 0 Å². The van der Waals surface area contributed by atoms with Crippen molar-refractivity contribution in [1.29, 1.82) is 0 Å². The molecular formula is C16H20N2S. The summed E-state index contributed by atoms with van der Waals surface area (Å²) in [5.74, 6) is 0. The number of aryl methyl sites for hydroxylation is 1. The van der Waals surface area contributed by atoms with Crippen LogP contribution in [-0.4, -0.2) is 11.2 Å². The molecule has 2 aromatic rings. The molecule has 0 saturated carbocycles. The molecule has 0 bridgehead atoms. The number of rotatable bonds is 5. The van der Waals surface area contributed by atoms with Gasteiger partial charge in [0.25, 0.3) is 0 Å². The second-order valence-corrected chi connectivity index (χ2v) is 5.53. The Morgan fingerprint density at radius 1 is 1.16 bits per heavy atom. The summed E-state index contributed by atoms with van der Waals surface area (Å²) in [5, 5.41) is 3.51. The number of hydrogen-bond acceptors (Lipinski definition) is 3. The zero-order chi connectivity index (χ0) is 13.7. The second kappa shape index (κ2) is 6.73. The van der Waals surface area contributed by atoms with Crippen LogP contribution < -0.4 is 5.32 Å². The largest absolute Gasteiger partial charge is 0.305 e. The molecule has 0 aliphatic heterocycles. The molecule has 1 heterocycles. The maximum absolute atomic E-state index is 4.50. The van der Waals surface area contributed by atoms with E-state index in [9.17, 15) is 0 Å². The Morgan fingerprint density at radius 3 is 2.53 bits per heavy atom. The van der Waals surface area contributed by atoms with Crippen LogP contribution in [0, 0.1) is 6.92 Å². The van der Waals surface area contributed by atoms with E-state index in [0.717, 1.165) is 17.9 Å². The maximum atomic E-state index is 4.50. The van der Waals surface area contributed by atoms with Crippen molar-refractivity contribution in [2.45, 2.75) is 31.3 Å². The first kappa shape index (κ1) is 14.1. The average molecular weight is 272 g/mol. The van der Waals surface area contributed by atoms with E-state index in [2.05, 4.69) is 59.9 Å². The molecule has 0 radical (unpaired) electrons. The molecule has 2 nitrogen and oxygen atoms in total. The first-order valence-electron chi connectivity index (χ1n) is 6.49. The van der Waals surface area contributed by atoms with E-state index in [1.807, 2.05) is 13.0 Å². The van der Waals surface area contributed by atoms with Gasteiger partial charge in [0.1, 0.15) is 0 Å². The van der Waals surface area contributed by atoms with Crippen LogP contribution in [0.5, 0.6) is 0 Å². The Bertz CT molecular complexity index is 523. The third-order valence-electron chi connectivity index (χ3n) is 3.15. The average Bonchev–Trinajstić information content (AvgIpc) is 2.45. The number of aromatic nitrogens is 1. The van der Waals surface area contributed by atoms with Gasteiger partial charge in [-0.3, -0.25) is 4.98 Å². The lowest BCUT2D eigenvalue weighted by Crippen LogP contribution is -2.18. The van der Waals surface area contributed by atoms with Crippen molar-refractivity contribution in [3.63, 3.8) is 0 Å². The molecule has 1 unspecified atom stereocenters. The fraction of sp³-hybridized carbons (Fsp3) is 0.312. The number of thioether (sulfide) groups is 1. The molecule has 19 heavy (non-hydrogen) atoms. The van der Waals surface area contributed by atoms with Crippen molar-refractivity contribution >= 4 is 11.8 Å². The van der Waals surface area contributed by atoms with E-state index < -0.39 is 0 Å². The molecule has 0 saturated heterocycles. The summed E-state index contributed by atoms with van der Waals surface area (Å²) in [4.78, 5) is 5.80. The molecule has 1 aromatic carbocycles. The van der Waals surface area contributed by atoms with Gasteiger partial charge in [0.05, 0.1) is 5.69 Å². The fourth-order valence-electron chi connectivity index (χ4n) is 1.97. The highest BCUT2D eigenvalue weighted by atomic mass is 32.2. The Kier molecular flexibility index (Phi) is 5.00. The minimum absolute atomic E-state index is 0.332. The summed E-state index contributed by atoms with van der Waals surface area (Å²) in [6.07, 6.45) is 2.10. The van der Waals surface area contributed by atoms with Gasteiger partial charge in [-0.25, -0.2) is 0 Å². The monoisotopic (exact) mass is 272 g/mol. The standard InChI is InChI=1S/C16H20N2S/c1-12-5-4-6-15(18-12)11-17-13(2)14-7-9-16(19-3)10-8-14/h4-10,13,17H,11H2,1-3H3. The molecule has 1 aromatic heterocycles. The molecule has 0 spiro atoms. The van der Waals surface area contributed by atoms with Gasteiger partial charge in [-0.15, -0.1) is 11.8 Å². The number of hydrogen-bond donors (Lipinski definition) is 1. The number of nitrogens with one attached hydrogen (secondary N) is 1. The van der Waals surface area contributed by atoms with Crippen LogP contribution in [0.4, 0.5) is 0 Å². The molecule has 0 amide bonds. The lowest BCUT2D eigenvalue weighted by Gasteiger charge is -2.14. The molecule has 100 valence electrons. The van der Waals surface area contributed by atoms with Gasteiger partial charge in [0, 0.05) is 23.2 Å². The first-order valence-corrected chi connectivity index (χ1v) is 7.71. The fourth-order valence-corrected chi connectivity index (χ4v) is 2.37. The zero-order valence-electron chi connectivity index (χ0n) is 11.7. The van der Waals surface area contributed by atoms with Gasteiger partial charge in [-0.05, 0) is 49.9 Å². The first-order chi connectivity index (χ1) is 9.19. The van der Waals surface area contributed by atoms with E-state index in [1.165, 1.54) is 10.5 Å². The molecule has 1 atom stereocenters. The highest BCUT2D eigenvalue weighted by molar-refractivity contribution is 7.98. The van der Waals surface area contributed by atoms with Crippen molar-refractivity contribution in [2.24, 2.45) is 0 Å². The lowest BCUT2D eigenvalue weighted by molar-refractivity contribution is 0.567. The van der Waals surface area contributed by atoms with Crippen molar-refractivity contribution in [3.05, 3.63) is 59.4 Å². The van der Waals surface area contributed by atoms with E-state index in [-0.39, 0.29) is 0 Å². The quantitative estimate of drug-likeness (QED) is 0.834. The summed E-state index contributed by atoms with van der Waals surface area (Å²) >= 11 is 1.77. The summed E-state index contributed by atoms with van der Waals surface area (Å²) in [7, 11) is 0. The predicted octanol–water partition coefficient (Wildman–Crippen LogP) is 3.96. The summed E-state index contributed by atoms with van der Waals surface area (Å²) < 4.78 is 0. The minimum Gasteiger partial charge on any atom is -0.305 e. The molecular weight excluding hydrogens is 252 g/mol. The third-order valence-corrected chi connectivity index (χ3v) is 3.89. The van der Waals surface area contributed by atoms with Gasteiger partial charge in [-0.2, -0.15) is 0 Å². The molecule has 3 heteroatoms. The van der Waals surface area contributed by atoms with E-state index in [4.69, 9.17) is 0 Å². The van der Waals surface area contributed by atoms with E-state index >= 15 is 0 Å². The van der Waals surface area contributed by atoms with Crippen LogP contribution in [0.3, 0.4) is 0 Å². The smallest absolute Gasteiger partial charge is 0.0545 e. The van der Waals surface area contributed by atoms with Crippen LogP contribution in [0.15, 0.2) is 47.4 Å². The SMILES string of the molecule is CSc1ccc(C(C)NCc2cccc(C)n2)cc1. The highest BCUT2D eigenvalue weighted by Crippen LogP contribution is 2.19. The van der Waals surface area contributed by atoms with Crippen LogP contribution in [0.25, 0.3) is 0 Å². The highest BCUT2D eigenvalue weighted by Gasteiger charge is 2.05. The minimum atomic E-state index is 0.332.